The predicted octanol–water partition coefficient (Wildman–Crippen LogP) is 9.28. The molecule has 2 saturated heterocycles. The van der Waals surface area contributed by atoms with E-state index in [0.29, 0.717) is 42.7 Å². The molecule has 0 spiro atoms. The number of rotatable bonds is 17. The van der Waals surface area contributed by atoms with Crippen LogP contribution in [0.3, 0.4) is 0 Å². The SMILES string of the molecule is CC.CCCN=C(O/C(=C/O)C(=O)OC)c1cccc(NC2CCN(SCc3cccc(NC(=O)N4CCC(c5ccc6c7c(cccc57)C(=O)N6C(CCC=O)C(=O)NC)CC4)c3)C(C)(C)C2)c1.O=CO. The van der Waals surface area contributed by atoms with Gasteiger partial charge in [-0.3, -0.25) is 24.3 Å². The van der Waals surface area contributed by atoms with Crippen LogP contribution in [0.1, 0.15) is 113 Å². The number of hydrogen-bond donors (Lipinski definition) is 5. The number of carbonyl (C=O) groups is 6. The molecule has 4 aromatic carbocycles. The number of likely N-dealkylation sites (N-methyl/N-ethyl adjacent to an activating group) is 1. The number of hydrogen-bond acceptors (Lipinski definition) is 13. The van der Waals surface area contributed by atoms with Crippen LogP contribution >= 0.6 is 11.9 Å². The van der Waals surface area contributed by atoms with Gasteiger partial charge in [-0.05, 0) is 117 Å². The van der Waals surface area contributed by atoms with Crippen molar-refractivity contribution in [3.05, 3.63) is 113 Å². The number of aldehydes is 1. The first-order valence-corrected chi connectivity index (χ1v) is 25.4. The van der Waals surface area contributed by atoms with E-state index in [2.05, 4.69) is 51.2 Å². The van der Waals surface area contributed by atoms with Gasteiger partial charge in [0, 0.05) is 84.9 Å². The number of anilines is 3. The van der Waals surface area contributed by atoms with Gasteiger partial charge in [0.25, 0.3) is 12.4 Å². The summed E-state index contributed by atoms with van der Waals surface area (Å²) in [4.78, 5) is 79.9. The molecule has 3 aliphatic heterocycles. The molecule has 17 nitrogen and oxygen atoms in total. The Labute approximate surface area is 426 Å². The number of benzene rings is 4. The molecule has 5 N–H and O–H groups in total. The van der Waals surface area contributed by atoms with Crippen LogP contribution in [0.15, 0.2) is 95.9 Å². The predicted molar refractivity (Wildman–Crippen MR) is 284 cm³/mol. The molecule has 4 aromatic rings. The van der Waals surface area contributed by atoms with Gasteiger partial charge in [-0.15, -0.1) is 0 Å². The van der Waals surface area contributed by atoms with Crippen LogP contribution in [0.25, 0.3) is 10.8 Å². The number of nitrogens with zero attached hydrogens (tertiary/aromatic N) is 4. The molecule has 18 heteroatoms. The minimum Gasteiger partial charge on any atom is -0.511 e. The van der Waals surface area contributed by atoms with Crippen molar-refractivity contribution in [1.82, 2.24) is 14.5 Å². The van der Waals surface area contributed by atoms with Crippen LogP contribution in [0.4, 0.5) is 21.9 Å². The highest BCUT2D eigenvalue weighted by Crippen LogP contribution is 2.44. The molecule has 0 bridgehead atoms. The zero-order valence-corrected chi connectivity index (χ0v) is 43.1. The zero-order chi connectivity index (χ0) is 52.4. The van der Waals surface area contributed by atoms with E-state index in [1.807, 2.05) is 86.3 Å². The Morgan fingerprint density at radius 1 is 0.944 bits per heavy atom. The summed E-state index contributed by atoms with van der Waals surface area (Å²) >= 11 is 1.79. The van der Waals surface area contributed by atoms with Gasteiger partial charge in [-0.1, -0.05) is 69.1 Å². The van der Waals surface area contributed by atoms with E-state index in [0.717, 1.165) is 84.0 Å². The van der Waals surface area contributed by atoms with E-state index in [1.165, 1.54) is 14.2 Å². The minimum absolute atomic E-state index is 0.119. The normalized spacial score (nSPS) is 17.1. The summed E-state index contributed by atoms with van der Waals surface area (Å²) in [6.07, 6.45) is 5.87. The summed E-state index contributed by atoms with van der Waals surface area (Å²) in [6, 6.07) is 24.7. The summed E-state index contributed by atoms with van der Waals surface area (Å²) in [5.74, 6) is -0.550. The number of amides is 4. The van der Waals surface area contributed by atoms with E-state index >= 15 is 0 Å². The molecule has 2 fully saturated rings. The van der Waals surface area contributed by atoms with Gasteiger partial charge in [0.15, 0.2) is 0 Å². The highest BCUT2D eigenvalue weighted by Gasteiger charge is 2.39. The molecule has 3 aliphatic rings. The third-order valence-corrected chi connectivity index (χ3v) is 14.2. The molecule has 0 aromatic heterocycles. The van der Waals surface area contributed by atoms with Crippen molar-refractivity contribution in [2.75, 3.05) is 55.9 Å². The maximum Gasteiger partial charge on any atom is 0.377 e. The summed E-state index contributed by atoms with van der Waals surface area (Å²) in [5, 5.41) is 27.8. The van der Waals surface area contributed by atoms with Crippen molar-refractivity contribution < 1.29 is 48.5 Å². The van der Waals surface area contributed by atoms with E-state index < -0.39 is 12.0 Å². The molecule has 72 heavy (non-hydrogen) atoms. The maximum atomic E-state index is 13.7. The fourth-order valence-corrected chi connectivity index (χ4v) is 10.5. The van der Waals surface area contributed by atoms with Crippen LogP contribution in [0.5, 0.6) is 0 Å². The van der Waals surface area contributed by atoms with Crippen LogP contribution < -0.4 is 20.9 Å². The summed E-state index contributed by atoms with van der Waals surface area (Å²) < 4.78 is 12.9. The van der Waals surface area contributed by atoms with Gasteiger partial charge in [0.2, 0.25) is 17.6 Å². The molecule has 3 heterocycles. The second-order valence-corrected chi connectivity index (χ2v) is 18.8. The van der Waals surface area contributed by atoms with E-state index in [9.17, 15) is 29.1 Å². The number of aliphatic hydroxyl groups excluding tert-OH is 1. The number of carbonyl (C=O) groups excluding carboxylic acids is 5. The van der Waals surface area contributed by atoms with E-state index in [4.69, 9.17) is 19.4 Å². The highest BCUT2D eigenvalue weighted by molar-refractivity contribution is 7.96. The Bertz CT molecular complexity index is 2600. The van der Waals surface area contributed by atoms with Gasteiger partial charge >= 0.3 is 12.0 Å². The van der Waals surface area contributed by atoms with Crippen LogP contribution in [-0.4, -0.2) is 120 Å². The largest absolute Gasteiger partial charge is 0.511 e. The van der Waals surface area contributed by atoms with Crippen LogP contribution in [-0.2, 0) is 34.4 Å². The molecular formula is C54H69N7O10S. The topological polar surface area (TPSA) is 220 Å². The number of nitrogens with one attached hydrogen (secondary N) is 3. The monoisotopic (exact) mass is 1010 g/mol. The number of piperidine rings is 2. The lowest BCUT2D eigenvalue weighted by atomic mass is 9.85. The first-order valence-electron chi connectivity index (χ1n) is 24.5. The maximum absolute atomic E-state index is 13.7. The Morgan fingerprint density at radius 3 is 2.32 bits per heavy atom. The average Bonchev–Trinajstić information content (AvgIpc) is 3.68. The van der Waals surface area contributed by atoms with Crippen LogP contribution in [0.2, 0.25) is 0 Å². The lowest BCUT2D eigenvalue weighted by Crippen LogP contribution is -2.49. The summed E-state index contributed by atoms with van der Waals surface area (Å²) in [7, 11) is 2.75. The third-order valence-electron chi connectivity index (χ3n) is 12.7. The number of ether oxygens (including phenoxy) is 2. The number of likely N-dealkylation sites (tertiary alicyclic amines) is 1. The molecule has 2 atom stereocenters. The number of aliphatic imine (C=N–C) groups is 1. The van der Waals surface area contributed by atoms with E-state index in [-0.39, 0.29) is 66.3 Å². The molecule has 4 amide bonds. The van der Waals surface area contributed by atoms with Crippen LogP contribution in [0, 0.1) is 0 Å². The Balaban J connectivity index is 0.00000185. The standard InChI is InChI=1S/C51H61N7O8S.C2H6.CH2O2/c1-6-23-53-47(66-44(31-60)49(63)65-5)35-12-8-14-37(29-35)54-38-22-26-57(51(2,3)30-38)67-32-33-11-7-13-36(28-33)55-50(64)56-24-20-34(21-25-56)39-18-19-42-45-40(39)15-9-16-41(45)48(62)58(42)43(17-10-27-59)46(61)52-4;1-2;2-1-3/h7-9,11-16,18-19,27-29,31,34,38,43,54,60H,6,10,17,20-26,30,32H2,1-5H3,(H,52,61)(H,55,64);1-2H3;1H,(H,2,3)/b44-31+,53-47?;;. The van der Waals surface area contributed by atoms with Crippen molar-refractivity contribution in [2.45, 2.75) is 109 Å². The summed E-state index contributed by atoms with van der Waals surface area (Å²) in [5.41, 5.74) is 5.67. The lowest BCUT2D eigenvalue weighted by Gasteiger charge is -2.45. The number of carboxylic acid groups (broad SMARTS) is 1. The zero-order valence-electron chi connectivity index (χ0n) is 42.3. The highest BCUT2D eigenvalue weighted by atomic mass is 32.2. The Morgan fingerprint density at radius 2 is 1.65 bits per heavy atom. The minimum atomic E-state index is -0.802. The molecule has 7 rings (SSSR count). The average molecular weight is 1010 g/mol. The number of aliphatic hydroxyl groups is 1. The number of urea groups is 1. The smallest absolute Gasteiger partial charge is 0.377 e. The van der Waals surface area contributed by atoms with Gasteiger partial charge in [0.05, 0.1) is 12.8 Å². The molecule has 2 unspecified atom stereocenters. The molecule has 386 valence electrons. The second-order valence-electron chi connectivity index (χ2n) is 17.8. The number of esters is 1. The quantitative estimate of drug-likeness (QED) is 0.0127. The second kappa shape index (κ2) is 27.1. The molecular weight excluding hydrogens is 939 g/mol. The fourth-order valence-electron chi connectivity index (χ4n) is 9.40. The van der Waals surface area contributed by atoms with Gasteiger partial charge in [-0.2, -0.15) is 0 Å². The van der Waals surface area contributed by atoms with Crippen molar-refractivity contribution >= 4 is 82.3 Å². The van der Waals surface area contributed by atoms with Crippen molar-refractivity contribution in [1.29, 1.82) is 0 Å². The van der Waals surface area contributed by atoms with E-state index in [1.54, 1.807) is 22.9 Å². The van der Waals surface area contributed by atoms with Gasteiger partial charge in [0.1, 0.15) is 18.6 Å². The van der Waals surface area contributed by atoms with Crippen molar-refractivity contribution in [2.24, 2.45) is 4.99 Å². The van der Waals surface area contributed by atoms with Gasteiger partial charge in [-0.25, -0.2) is 13.9 Å². The molecule has 0 aliphatic carbocycles. The van der Waals surface area contributed by atoms with Gasteiger partial charge < -0.3 is 45.3 Å². The molecule has 0 radical (unpaired) electrons. The lowest BCUT2D eigenvalue weighted by molar-refractivity contribution is -0.139. The first-order chi connectivity index (χ1) is 34.8. The van der Waals surface area contributed by atoms with Crippen molar-refractivity contribution in [3.8, 4) is 0 Å². The Kier molecular flexibility index (Phi) is 21.0. The van der Waals surface area contributed by atoms with Crippen molar-refractivity contribution in [3.63, 3.8) is 0 Å². The number of methoxy groups -OCH3 is 1. The fraction of sp³-hybridized carbons (Fsp3) is 0.426. The first kappa shape index (κ1) is 56.0. The Hall–Kier alpha value is -6.92. The molecule has 0 saturated carbocycles. The third kappa shape index (κ3) is 13.7. The summed E-state index contributed by atoms with van der Waals surface area (Å²) in [6.45, 7) is 12.8.